The van der Waals surface area contributed by atoms with Gasteiger partial charge in [0.1, 0.15) is 11.3 Å². The van der Waals surface area contributed by atoms with Gasteiger partial charge in [-0.05, 0) is 0 Å². The van der Waals surface area contributed by atoms with Crippen LogP contribution in [0.1, 0.15) is 10.4 Å². The minimum Gasteiger partial charge on any atom is -0.505 e. The Kier molecular flexibility index (Phi) is 3.21. The Balaban J connectivity index is 3.31. The molecule has 0 radical (unpaired) electrons. The Morgan fingerprint density at radius 3 is 2.56 bits per heavy atom. The Morgan fingerprint density at radius 2 is 2.12 bits per heavy atom. The number of carbonyl (C=O) groups is 1. The van der Waals surface area contributed by atoms with E-state index in [0.29, 0.717) is 0 Å². The topological polar surface area (TPSA) is 68.7 Å². The normalized spacial score (nSPS) is 11.0. The number of carbonyl (C=O) groups excluding carboxylic acids is 1. The van der Waals surface area contributed by atoms with Crippen LogP contribution in [0.5, 0.6) is 17.4 Å². The summed E-state index contributed by atoms with van der Waals surface area (Å²) in [6, 6.07) is 0. The van der Waals surface area contributed by atoms with Crippen molar-refractivity contribution in [3.05, 3.63) is 11.8 Å². The zero-order chi connectivity index (χ0) is 12.3. The average molecular weight is 237 g/mol. The molecular formula is C8H6F3NO4. The minimum atomic E-state index is -5.01. The van der Waals surface area contributed by atoms with E-state index in [0.717, 1.165) is 13.3 Å². The molecule has 16 heavy (non-hydrogen) atoms. The minimum absolute atomic E-state index is 0.0145. The fraction of sp³-hybridized carbons (Fsp3) is 0.250. The molecule has 5 nitrogen and oxygen atoms in total. The van der Waals surface area contributed by atoms with Crippen LogP contribution < -0.4 is 9.47 Å². The molecule has 1 aromatic heterocycles. The van der Waals surface area contributed by atoms with Gasteiger partial charge in [0, 0.05) is 0 Å². The number of pyridine rings is 1. The monoisotopic (exact) mass is 237 g/mol. The van der Waals surface area contributed by atoms with Gasteiger partial charge in [-0.3, -0.25) is 4.79 Å². The second kappa shape index (κ2) is 4.25. The van der Waals surface area contributed by atoms with Gasteiger partial charge < -0.3 is 14.6 Å². The lowest BCUT2D eigenvalue weighted by atomic mass is 10.2. The van der Waals surface area contributed by atoms with Crippen LogP contribution >= 0.6 is 0 Å². The third-order valence-corrected chi connectivity index (χ3v) is 1.55. The summed E-state index contributed by atoms with van der Waals surface area (Å²) < 4.78 is 44.0. The second-order valence-electron chi connectivity index (χ2n) is 2.56. The molecule has 0 spiro atoms. The molecule has 1 aromatic rings. The Hall–Kier alpha value is -1.99. The van der Waals surface area contributed by atoms with E-state index in [1.54, 1.807) is 0 Å². The van der Waals surface area contributed by atoms with Crippen molar-refractivity contribution in [1.82, 2.24) is 4.98 Å². The van der Waals surface area contributed by atoms with Gasteiger partial charge in [0.2, 0.25) is 5.75 Å². The van der Waals surface area contributed by atoms with Crippen LogP contribution in [0.3, 0.4) is 0 Å². The first kappa shape index (κ1) is 12.1. The number of hydrogen-bond donors (Lipinski definition) is 1. The molecule has 0 atom stereocenters. The van der Waals surface area contributed by atoms with Gasteiger partial charge in [-0.15, -0.1) is 13.2 Å². The fourth-order valence-corrected chi connectivity index (χ4v) is 0.953. The van der Waals surface area contributed by atoms with E-state index in [-0.39, 0.29) is 6.29 Å². The maximum Gasteiger partial charge on any atom is 0.573 e. The van der Waals surface area contributed by atoms with E-state index in [4.69, 9.17) is 5.11 Å². The number of nitrogens with zero attached hydrogens (tertiary/aromatic N) is 1. The van der Waals surface area contributed by atoms with Gasteiger partial charge in [0.25, 0.3) is 5.88 Å². The summed E-state index contributed by atoms with van der Waals surface area (Å²) in [6.07, 6.45) is -4.22. The molecule has 8 heteroatoms. The van der Waals surface area contributed by atoms with Crippen molar-refractivity contribution < 1.29 is 32.5 Å². The molecule has 0 aliphatic rings. The molecule has 1 N–H and O–H groups in total. The van der Waals surface area contributed by atoms with Crippen LogP contribution in [0.15, 0.2) is 6.20 Å². The lowest BCUT2D eigenvalue weighted by Crippen LogP contribution is -2.19. The summed E-state index contributed by atoms with van der Waals surface area (Å²) in [5, 5.41) is 9.11. The summed E-state index contributed by atoms with van der Waals surface area (Å²) in [5.74, 6) is -2.24. The van der Waals surface area contributed by atoms with E-state index in [9.17, 15) is 18.0 Å². The van der Waals surface area contributed by atoms with E-state index >= 15 is 0 Å². The van der Waals surface area contributed by atoms with Crippen LogP contribution in [-0.2, 0) is 0 Å². The smallest absolute Gasteiger partial charge is 0.505 e. The average Bonchev–Trinajstić information content (AvgIpc) is 2.16. The van der Waals surface area contributed by atoms with Crippen molar-refractivity contribution in [3.63, 3.8) is 0 Å². The number of halogens is 3. The van der Waals surface area contributed by atoms with Gasteiger partial charge in [0.15, 0.2) is 6.29 Å². The molecule has 0 amide bonds. The first-order chi connectivity index (χ1) is 7.39. The number of aldehydes is 1. The molecule has 88 valence electrons. The van der Waals surface area contributed by atoms with Gasteiger partial charge in [0.05, 0.1) is 13.3 Å². The van der Waals surface area contributed by atoms with E-state index in [2.05, 4.69) is 14.5 Å². The van der Waals surface area contributed by atoms with Gasteiger partial charge in [-0.25, -0.2) is 4.98 Å². The molecule has 0 saturated carbocycles. The van der Waals surface area contributed by atoms with Crippen LogP contribution in [0.25, 0.3) is 0 Å². The lowest BCUT2D eigenvalue weighted by molar-refractivity contribution is -0.275. The molecule has 1 rings (SSSR count). The van der Waals surface area contributed by atoms with Crippen LogP contribution in [0.2, 0.25) is 0 Å². The number of methoxy groups -OCH3 is 1. The largest absolute Gasteiger partial charge is 0.573 e. The lowest BCUT2D eigenvalue weighted by Gasteiger charge is -2.13. The summed E-state index contributed by atoms with van der Waals surface area (Å²) in [4.78, 5) is 13.8. The van der Waals surface area contributed by atoms with E-state index in [1.165, 1.54) is 0 Å². The number of rotatable bonds is 3. The predicted molar refractivity (Wildman–Crippen MR) is 44.5 cm³/mol. The summed E-state index contributed by atoms with van der Waals surface area (Å²) in [7, 11) is 1.05. The first-order valence-corrected chi connectivity index (χ1v) is 3.86. The zero-order valence-electron chi connectivity index (χ0n) is 7.91. The van der Waals surface area contributed by atoms with Crippen LogP contribution in [0.4, 0.5) is 13.2 Å². The van der Waals surface area contributed by atoms with Crippen molar-refractivity contribution in [2.45, 2.75) is 6.36 Å². The molecule has 0 fully saturated rings. The Labute approximate surface area is 87.4 Å². The second-order valence-corrected chi connectivity index (χ2v) is 2.56. The molecule has 0 aliphatic carbocycles. The van der Waals surface area contributed by atoms with Crippen LogP contribution in [0, 0.1) is 0 Å². The molecule has 0 aromatic carbocycles. The van der Waals surface area contributed by atoms with Crippen LogP contribution in [-0.4, -0.2) is 29.8 Å². The SMILES string of the molecule is COc1ncc(O)c(C=O)c1OC(F)(F)F. The highest BCUT2D eigenvalue weighted by Crippen LogP contribution is 2.36. The quantitative estimate of drug-likeness (QED) is 0.807. The van der Waals surface area contributed by atoms with Gasteiger partial charge >= 0.3 is 6.36 Å². The zero-order valence-corrected chi connectivity index (χ0v) is 7.91. The predicted octanol–water partition coefficient (Wildman–Crippen LogP) is 1.51. The summed E-state index contributed by atoms with van der Waals surface area (Å²) in [5.41, 5.74) is -0.677. The Bertz CT molecular complexity index is 405. The first-order valence-electron chi connectivity index (χ1n) is 3.86. The van der Waals surface area contributed by atoms with Gasteiger partial charge in [-0.2, -0.15) is 0 Å². The van der Waals surface area contributed by atoms with Crippen molar-refractivity contribution in [3.8, 4) is 17.4 Å². The molecule has 1 heterocycles. The molecular weight excluding hydrogens is 231 g/mol. The fourth-order valence-electron chi connectivity index (χ4n) is 0.953. The third-order valence-electron chi connectivity index (χ3n) is 1.55. The maximum absolute atomic E-state index is 12.0. The highest BCUT2D eigenvalue weighted by atomic mass is 19.4. The summed E-state index contributed by atoms with van der Waals surface area (Å²) >= 11 is 0. The highest BCUT2D eigenvalue weighted by Gasteiger charge is 2.35. The van der Waals surface area contributed by atoms with E-state index in [1.807, 2.05) is 0 Å². The molecule has 0 unspecified atom stereocenters. The summed E-state index contributed by atoms with van der Waals surface area (Å²) in [6.45, 7) is 0. The molecule has 0 aliphatic heterocycles. The van der Waals surface area contributed by atoms with Crippen molar-refractivity contribution >= 4 is 6.29 Å². The highest BCUT2D eigenvalue weighted by molar-refractivity contribution is 5.84. The number of ether oxygens (including phenoxy) is 2. The maximum atomic E-state index is 12.0. The van der Waals surface area contributed by atoms with Crippen molar-refractivity contribution in [2.75, 3.05) is 7.11 Å². The number of hydrogen-bond acceptors (Lipinski definition) is 5. The molecule has 0 bridgehead atoms. The Morgan fingerprint density at radius 1 is 1.50 bits per heavy atom. The van der Waals surface area contributed by atoms with Crippen molar-refractivity contribution in [2.24, 2.45) is 0 Å². The standard InChI is InChI=1S/C8H6F3NO4/c1-15-7-6(16-8(9,10)11)4(3-13)5(14)2-12-7/h2-3,14H,1H3. The number of aromatic hydroxyl groups is 1. The number of alkyl halides is 3. The molecule has 0 saturated heterocycles. The van der Waals surface area contributed by atoms with E-state index < -0.39 is 29.3 Å². The third kappa shape index (κ3) is 2.53. The number of aromatic nitrogens is 1. The van der Waals surface area contributed by atoms with Crippen molar-refractivity contribution in [1.29, 1.82) is 0 Å². The van der Waals surface area contributed by atoms with Gasteiger partial charge in [-0.1, -0.05) is 0 Å².